The van der Waals surface area contributed by atoms with Crippen LogP contribution in [0.25, 0.3) is 0 Å². The lowest BCUT2D eigenvalue weighted by molar-refractivity contribution is -0.360. The van der Waals surface area contributed by atoms with Crippen molar-refractivity contribution >= 4 is 17.6 Å². The number of carbonyl (C=O) groups is 2. The van der Waals surface area contributed by atoms with Gasteiger partial charge in [0.1, 0.15) is 5.56 Å². The molecule has 0 saturated heterocycles. The van der Waals surface area contributed by atoms with Crippen molar-refractivity contribution in [3.8, 4) is 0 Å². The molecule has 6 nitrogen and oxygen atoms in total. The zero-order valence-corrected chi connectivity index (χ0v) is 12.3. The molecular weight excluding hydrogens is 270 g/mol. The van der Waals surface area contributed by atoms with Crippen molar-refractivity contribution < 1.29 is 19.3 Å². The molecule has 0 aliphatic carbocycles. The topological polar surface area (TPSA) is 88.5 Å². The molecule has 0 unspecified atom stereocenters. The Kier molecular flexibility index (Phi) is 4.07. The molecule has 2 rings (SSSR count). The largest absolute Gasteiger partial charge is 0.453 e. The van der Waals surface area contributed by atoms with Crippen molar-refractivity contribution in [3.63, 3.8) is 0 Å². The third-order valence-electron chi connectivity index (χ3n) is 3.52. The highest BCUT2D eigenvalue weighted by molar-refractivity contribution is 6.01. The minimum Gasteiger partial charge on any atom is -0.453 e. The number of hydrogen-bond acceptors (Lipinski definition) is 4. The summed E-state index contributed by atoms with van der Waals surface area (Å²) >= 11 is 0. The predicted molar refractivity (Wildman–Crippen MR) is 76.9 cm³/mol. The maximum Gasteiger partial charge on any atom is 0.346 e. The Balaban J connectivity index is 2.06. The molecule has 0 aliphatic heterocycles. The number of carbonyl (C=O) groups excluding carboxylic acids is 2. The summed E-state index contributed by atoms with van der Waals surface area (Å²) in [5.41, 5.74) is 8.25. The van der Waals surface area contributed by atoms with E-state index >= 15 is 0 Å². The van der Waals surface area contributed by atoms with Gasteiger partial charge in [0, 0.05) is 24.0 Å². The lowest BCUT2D eigenvalue weighted by atomic mass is 10.1. The molecule has 0 radical (unpaired) electrons. The summed E-state index contributed by atoms with van der Waals surface area (Å²) in [6.07, 6.45) is 1.60. The Hall–Kier alpha value is -2.63. The van der Waals surface area contributed by atoms with E-state index in [1.165, 1.54) is 6.07 Å². The molecule has 0 amide bonds. The molecule has 0 atom stereocenters. The number of rotatable bonds is 4. The van der Waals surface area contributed by atoms with Gasteiger partial charge in [-0.15, -0.1) is 0 Å². The van der Waals surface area contributed by atoms with Crippen LogP contribution in [0, 0.1) is 13.8 Å². The molecule has 0 bridgehead atoms. The van der Waals surface area contributed by atoms with Crippen molar-refractivity contribution in [1.82, 2.24) is 4.57 Å². The Morgan fingerprint density at radius 3 is 2.62 bits per heavy atom. The molecule has 2 aromatic rings. The van der Waals surface area contributed by atoms with E-state index < -0.39 is 5.97 Å². The number of nitrogens with zero attached hydrogens (tertiary/aromatic N) is 1. The second-order valence-corrected chi connectivity index (χ2v) is 4.84. The number of nitrogens with two attached hydrogens (primary N) is 1. The highest BCUT2D eigenvalue weighted by Gasteiger charge is 2.19. The molecule has 0 aliphatic rings. The summed E-state index contributed by atoms with van der Waals surface area (Å²) in [5, 5.41) is 0. The second kappa shape index (κ2) is 5.78. The number of esters is 1. The number of aromatic nitrogens is 2. The molecule has 0 spiro atoms. The SMILES string of the molecule is Cc1cc(C(=O)COC(=O)c2ccc[nH+]c2N)c(C)n1C. The van der Waals surface area contributed by atoms with Crippen LogP contribution in [0.3, 0.4) is 0 Å². The van der Waals surface area contributed by atoms with Crippen LogP contribution in [-0.4, -0.2) is 22.9 Å². The zero-order chi connectivity index (χ0) is 15.6. The first-order valence-electron chi connectivity index (χ1n) is 6.51. The lowest BCUT2D eigenvalue weighted by Gasteiger charge is -2.04. The summed E-state index contributed by atoms with van der Waals surface area (Å²) in [7, 11) is 1.88. The quantitative estimate of drug-likeness (QED) is 0.673. The summed E-state index contributed by atoms with van der Waals surface area (Å²) in [6.45, 7) is 3.46. The fourth-order valence-corrected chi connectivity index (χ4v) is 2.05. The van der Waals surface area contributed by atoms with Crippen LogP contribution in [0.5, 0.6) is 0 Å². The summed E-state index contributed by atoms with van der Waals surface area (Å²) < 4.78 is 6.95. The van der Waals surface area contributed by atoms with Gasteiger partial charge in [-0.05, 0) is 32.0 Å². The van der Waals surface area contributed by atoms with E-state index in [1.54, 1.807) is 18.3 Å². The van der Waals surface area contributed by atoms with Crippen LogP contribution in [0.4, 0.5) is 5.82 Å². The van der Waals surface area contributed by atoms with Crippen LogP contribution in [0.2, 0.25) is 0 Å². The van der Waals surface area contributed by atoms with Gasteiger partial charge < -0.3 is 9.30 Å². The highest BCUT2D eigenvalue weighted by Crippen LogP contribution is 2.14. The third-order valence-corrected chi connectivity index (χ3v) is 3.52. The number of anilines is 1. The van der Waals surface area contributed by atoms with Crippen molar-refractivity contribution in [2.24, 2.45) is 7.05 Å². The van der Waals surface area contributed by atoms with Crippen LogP contribution in [-0.2, 0) is 11.8 Å². The Bertz CT molecular complexity index is 704. The van der Waals surface area contributed by atoms with Gasteiger partial charge in [-0.3, -0.25) is 10.5 Å². The molecule has 0 fully saturated rings. The number of aromatic amines is 1. The van der Waals surface area contributed by atoms with Crippen molar-refractivity contribution in [1.29, 1.82) is 0 Å². The number of nitrogen functional groups attached to an aromatic ring is 1. The predicted octanol–water partition coefficient (Wildman–Crippen LogP) is 1.08. The maximum atomic E-state index is 12.1. The third kappa shape index (κ3) is 2.94. The van der Waals surface area contributed by atoms with Crippen molar-refractivity contribution in [2.75, 3.05) is 12.3 Å². The molecule has 3 N–H and O–H groups in total. The van der Waals surface area contributed by atoms with E-state index in [1.807, 2.05) is 25.5 Å². The van der Waals surface area contributed by atoms with Crippen LogP contribution in [0.1, 0.15) is 32.1 Å². The fraction of sp³-hybridized carbons (Fsp3) is 0.267. The number of nitrogens with one attached hydrogen (secondary N) is 1. The molecule has 0 aromatic carbocycles. The van der Waals surface area contributed by atoms with Gasteiger partial charge in [-0.25, -0.2) is 9.78 Å². The zero-order valence-electron chi connectivity index (χ0n) is 12.3. The van der Waals surface area contributed by atoms with Crippen LogP contribution in [0.15, 0.2) is 24.4 Å². The number of ketones is 1. The molecule has 110 valence electrons. The smallest absolute Gasteiger partial charge is 0.346 e. The van der Waals surface area contributed by atoms with Gasteiger partial charge in [0.2, 0.25) is 5.78 Å². The van der Waals surface area contributed by atoms with E-state index in [-0.39, 0.29) is 23.8 Å². The van der Waals surface area contributed by atoms with Gasteiger partial charge in [0.05, 0.1) is 6.20 Å². The van der Waals surface area contributed by atoms with E-state index in [2.05, 4.69) is 4.98 Å². The minimum atomic E-state index is -0.622. The summed E-state index contributed by atoms with van der Waals surface area (Å²) in [5.74, 6) is -0.646. The molecule has 2 aromatic heterocycles. The summed E-state index contributed by atoms with van der Waals surface area (Å²) in [4.78, 5) is 26.7. The van der Waals surface area contributed by atoms with E-state index in [0.29, 0.717) is 5.56 Å². The molecule has 0 saturated carbocycles. The average molecular weight is 288 g/mol. The van der Waals surface area contributed by atoms with E-state index in [9.17, 15) is 9.59 Å². The normalized spacial score (nSPS) is 10.4. The van der Waals surface area contributed by atoms with Crippen LogP contribution >= 0.6 is 0 Å². The standard InChI is InChI=1S/C15H17N3O3/c1-9-7-12(10(2)18(9)3)13(19)8-21-15(20)11-5-4-6-17-14(11)16/h4-7H,8H2,1-3H3,(H2,16,17)/p+1. The van der Waals surface area contributed by atoms with Crippen molar-refractivity contribution in [2.45, 2.75) is 13.8 Å². The molecule has 2 heterocycles. The van der Waals surface area contributed by atoms with Gasteiger partial charge in [-0.2, -0.15) is 0 Å². The fourth-order valence-electron chi connectivity index (χ4n) is 2.05. The maximum absolute atomic E-state index is 12.1. The van der Waals surface area contributed by atoms with Crippen LogP contribution < -0.4 is 10.7 Å². The van der Waals surface area contributed by atoms with Gasteiger partial charge in [0.25, 0.3) is 5.82 Å². The lowest BCUT2D eigenvalue weighted by Crippen LogP contribution is -2.19. The first-order chi connectivity index (χ1) is 9.91. The monoisotopic (exact) mass is 288 g/mol. The van der Waals surface area contributed by atoms with E-state index in [4.69, 9.17) is 10.5 Å². The molecule has 6 heteroatoms. The van der Waals surface area contributed by atoms with Crippen molar-refractivity contribution in [3.05, 3.63) is 46.9 Å². The number of aryl methyl sites for hydroxylation is 1. The Morgan fingerprint density at radius 1 is 1.33 bits per heavy atom. The number of H-pyrrole nitrogens is 1. The van der Waals surface area contributed by atoms with E-state index in [0.717, 1.165) is 11.4 Å². The highest BCUT2D eigenvalue weighted by atomic mass is 16.5. The second-order valence-electron chi connectivity index (χ2n) is 4.84. The Labute approximate surface area is 122 Å². The number of ether oxygens (including phenoxy) is 1. The van der Waals surface area contributed by atoms with Gasteiger partial charge in [0.15, 0.2) is 6.61 Å². The summed E-state index contributed by atoms with van der Waals surface area (Å²) in [6, 6.07) is 4.96. The average Bonchev–Trinajstić information content (AvgIpc) is 2.72. The first kappa shape index (κ1) is 14.8. The first-order valence-corrected chi connectivity index (χ1v) is 6.51. The van der Waals surface area contributed by atoms with Gasteiger partial charge >= 0.3 is 5.97 Å². The minimum absolute atomic E-state index is 0.210. The number of Topliss-reactive ketones (excluding diaryl/α,β-unsaturated/α-hetero) is 1. The number of pyridine rings is 1. The number of hydrogen-bond donors (Lipinski definition) is 1. The van der Waals surface area contributed by atoms with Gasteiger partial charge in [-0.1, -0.05) is 0 Å². The Morgan fingerprint density at radius 2 is 2.05 bits per heavy atom. The molecule has 21 heavy (non-hydrogen) atoms. The molecular formula is C15H18N3O3+.